The number of hydrogen-bond donors (Lipinski definition) is 5. The number of ether oxygens (including phenoxy) is 3. The van der Waals surface area contributed by atoms with Gasteiger partial charge >= 0.3 is 0 Å². The van der Waals surface area contributed by atoms with Crippen molar-refractivity contribution in [1.29, 1.82) is 0 Å². The molecule has 3 aromatic rings. The number of halogens is 1. The van der Waals surface area contributed by atoms with Crippen LogP contribution in [0.2, 0.25) is 5.02 Å². The number of pyridine rings is 1. The number of methoxy groups -OCH3 is 1. The molecule has 5 N–H and O–H groups in total. The van der Waals surface area contributed by atoms with Crippen molar-refractivity contribution in [2.75, 3.05) is 39.2 Å². The van der Waals surface area contributed by atoms with E-state index in [1.807, 2.05) is 48.7 Å². The minimum Gasteiger partial charge on any atom is -0.490 e. The predicted molar refractivity (Wildman–Crippen MR) is 195 cm³/mol. The number of aliphatic hydroxyl groups excluding tert-OH is 5. The fourth-order valence-electron chi connectivity index (χ4n) is 5.91. The lowest BCUT2D eigenvalue weighted by Gasteiger charge is -2.30. The van der Waals surface area contributed by atoms with E-state index in [0.717, 1.165) is 58.6 Å². The van der Waals surface area contributed by atoms with Gasteiger partial charge in [0.15, 0.2) is 0 Å². The molecule has 1 amide bonds. The molecule has 2 aliphatic carbocycles. The number of aliphatic hydroxyl groups is 5. The van der Waals surface area contributed by atoms with Gasteiger partial charge in [-0.25, -0.2) is 0 Å². The molecular formula is C38H49ClN2O9S. The first-order chi connectivity index (χ1) is 24.7. The molecule has 0 radical (unpaired) electrons. The summed E-state index contributed by atoms with van der Waals surface area (Å²) in [7, 11) is 1.55. The quantitative estimate of drug-likeness (QED) is 0.0736. The predicted octanol–water partition coefficient (Wildman–Crippen LogP) is 4.32. The molecule has 1 heterocycles. The topological polar surface area (TPSA) is 162 Å². The number of rotatable bonds is 22. The monoisotopic (exact) mass is 744 g/mol. The first-order valence-corrected chi connectivity index (χ1v) is 18.9. The summed E-state index contributed by atoms with van der Waals surface area (Å²) in [6.45, 7) is -0.00334. The largest absolute Gasteiger partial charge is 0.490 e. The van der Waals surface area contributed by atoms with Crippen molar-refractivity contribution in [3.63, 3.8) is 0 Å². The molecular weight excluding hydrogens is 696 g/mol. The van der Waals surface area contributed by atoms with Crippen molar-refractivity contribution < 1.29 is 44.5 Å². The molecule has 4 atom stereocenters. The summed E-state index contributed by atoms with van der Waals surface area (Å²) in [5.41, 5.74) is 3.55. The van der Waals surface area contributed by atoms with Crippen LogP contribution in [0.25, 0.3) is 11.1 Å². The molecule has 2 fully saturated rings. The number of carbonyl (C=O) groups is 1. The maximum Gasteiger partial charge on any atom is 0.222 e. The number of benzene rings is 2. The number of hydrogen-bond acceptors (Lipinski definition) is 11. The zero-order chi connectivity index (χ0) is 36.4. The van der Waals surface area contributed by atoms with Crippen molar-refractivity contribution in [2.45, 2.75) is 92.6 Å². The molecule has 2 saturated carbocycles. The van der Waals surface area contributed by atoms with Crippen LogP contribution in [-0.4, -0.2) is 111 Å². The molecule has 11 nitrogen and oxygen atoms in total. The summed E-state index contributed by atoms with van der Waals surface area (Å²) in [5, 5.41) is 50.0. The summed E-state index contributed by atoms with van der Waals surface area (Å²) < 4.78 is 18.0. The maximum absolute atomic E-state index is 13.1. The Labute approximate surface area is 308 Å². The lowest BCUT2D eigenvalue weighted by molar-refractivity contribution is -0.140. The summed E-state index contributed by atoms with van der Waals surface area (Å²) >= 11 is 8.24. The van der Waals surface area contributed by atoms with Crippen LogP contribution < -0.4 is 4.74 Å². The molecule has 5 rings (SSSR count). The number of nitrogens with zero attached hydrogens (tertiary/aromatic N) is 2. The van der Waals surface area contributed by atoms with Crippen LogP contribution in [0.4, 0.5) is 0 Å². The first-order valence-electron chi connectivity index (χ1n) is 17.5. The molecule has 0 saturated heterocycles. The van der Waals surface area contributed by atoms with Crippen LogP contribution >= 0.6 is 23.4 Å². The molecule has 51 heavy (non-hydrogen) atoms. The van der Waals surface area contributed by atoms with Crippen molar-refractivity contribution in [2.24, 2.45) is 0 Å². The van der Waals surface area contributed by atoms with Gasteiger partial charge in [0.2, 0.25) is 5.91 Å². The van der Waals surface area contributed by atoms with E-state index in [1.165, 1.54) is 4.90 Å². The van der Waals surface area contributed by atoms with Crippen molar-refractivity contribution in [3.8, 4) is 16.9 Å². The highest BCUT2D eigenvalue weighted by Gasteiger charge is 2.48. The Morgan fingerprint density at radius 1 is 1.04 bits per heavy atom. The molecule has 278 valence electrons. The number of amides is 1. The van der Waals surface area contributed by atoms with Gasteiger partial charge in [-0.2, -0.15) is 0 Å². The van der Waals surface area contributed by atoms with Crippen LogP contribution in [0.3, 0.4) is 0 Å². The number of carbonyl (C=O) groups excluding carboxylic acids is 1. The third-order valence-corrected chi connectivity index (χ3v) is 10.6. The zero-order valence-electron chi connectivity index (χ0n) is 28.9. The van der Waals surface area contributed by atoms with Crippen LogP contribution in [0.5, 0.6) is 5.75 Å². The molecule has 0 aliphatic heterocycles. The second kappa shape index (κ2) is 18.8. The Morgan fingerprint density at radius 3 is 2.53 bits per heavy atom. The lowest BCUT2D eigenvalue weighted by Crippen LogP contribution is -2.50. The Morgan fingerprint density at radius 2 is 1.80 bits per heavy atom. The van der Waals surface area contributed by atoms with E-state index < -0.39 is 36.6 Å². The Kier molecular flexibility index (Phi) is 14.5. The van der Waals surface area contributed by atoms with Crippen LogP contribution in [0, 0.1) is 0 Å². The van der Waals surface area contributed by atoms with Crippen molar-refractivity contribution in [3.05, 3.63) is 77.1 Å². The van der Waals surface area contributed by atoms with Gasteiger partial charge in [0.05, 0.1) is 24.9 Å². The zero-order valence-corrected chi connectivity index (χ0v) is 30.5. The highest BCUT2D eigenvalue weighted by atomic mass is 35.5. The molecule has 0 unspecified atom stereocenters. The molecule has 1 aromatic heterocycles. The standard InChI is InChI=1S/C38H49ClN2O9S/c1-48-18-5-17-41(22-32(43)36(46)37(47)33(44)23-42)35(45)8-4-19-51-27-11-12-31(39)25(20-27)24-49-38(14-15-38)30-21-40-16-13-28(30)29-6-2-3-7-34(29)50-26-9-10-26/h2-3,6-7,11-13,16,20-21,26,32-33,36-37,42-44,46-47H,4-5,8-10,14-15,17-19,22-24H2,1H3/t32-,33+,36+,37+/m0/s1. The number of para-hydroxylation sites is 1. The second-order valence-electron chi connectivity index (χ2n) is 13.2. The Hall–Kier alpha value is -2.78. The van der Waals surface area contributed by atoms with E-state index >= 15 is 0 Å². The first kappa shape index (κ1) is 39.4. The van der Waals surface area contributed by atoms with E-state index in [9.17, 15) is 25.2 Å². The Balaban J connectivity index is 1.16. The van der Waals surface area contributed by atoms with Gasteiger partial charge in [-0.05, 0) is 85.7 Å². The summed E-state index contributed by atoms with van der Waals surface area (Å²) in [6, 6.07) is 16.0. The fourth-order valence-corrected chi connectivity index (χ4v) is 6.99. The molecule has 2 aliphatic rings. The minimum absolute atomic E-state index is 0.207. The SMILES string of the molecule is COCCCN(C[C@H](O)[C@@H](O)[C@H](O)[C@H](O)CO)C(=O)CCCSc1ccc(Cl)c(COC2(c3cnccc3-c3ccccc3OC3CC3)CC2)c1. The van der Waals surface area contributed by atoms with E-state index in [4.69, 9.17) is 30.9 Å². The van der Waals surface area contributed by atoms with Gasteiger partial charge in [-0.15, -0.1) is 11.8 Å². The second-order valence-corrected chi connectivity index (χ2v) is 14.8. The van der Waals surface area contributed by atoms with Gasteiger partial charge in [0.1, 0.15) is 30.2 Å². The fraction of sp³-hybridized carbons (Fsp3) is 0.526. The maximum atomic E-state index is 13.1. The average Bonchev–Trinajstić information content (AvgIpc) is 4.10. The van der Waals surface area contributed by atoms with Crippen LogP contribution in [0.1, 0.15) is 56.1 Å². The van der Waals surface area contributed by atoms with Gasteiger partial charge in [-0.1, -0.05) is 29.8 Å². The van der Waals surface area contributed by atoms with E-state index in [2.05, 4.69) is 11.1 Å². The number of thioether (sulfide) groups is 1. The van der Waals surface area contributed by atoms with Crippen molar-refractivity contribution >= 4 is 29.3 Å². The summed E-state index contributed by atoms with van der Waals surface area (Å²) in [6.07, 6.45) is 2.55. The summed E-state index contributed by atoms with van der Waals surface area (Å²) in [5.74, 6) is 1.31. The van der Waals surface area contributed by atoms with Gasteiger partial charge in [0.25, 0.3) is 0 Å². The minimum atomic E-state index is -1.76. The van der Waals surface area contributed by atoms with Gasteiger partial charge in [-0.3, -0.25) is 9.78 Å². The summed E-state index contributed by atoms with van der Waals surface area (Å²) in [4.78, 5) is 20.0. The third-order valence-electron chi connectivity index (χ3n) is 9.20. The molecule has 0 spiro atoms. The normalized spacial score (nSPS) is 17.4. The highest BCUT2D eigenvalue weighted by molar-refractivity contribution is 7.99. The van der Waals surface area contributed by atoms with Gasteiger partial charge in [0, 0.05) is 66.7 Å². The van der Waals surface area contributed by atoms with Gasteiger partial charge < -0.3 is 44.6 Å². The number of aromatic nitrogens is 1. The van der Waals surface area contributed by atoms with Crippen molar-refractivity contribution in [1.82, 2.24) is 9.88 Å². The van der Waals surface area contributed by atoms with E-state index in [0.29, 0.717) is 36.8 Å². The van der Waals surface area contributed by atoms with Crippen LogP contribution in [0.15, 0.2) is 65.8 Å². The van der Waals surface area contributed by atoms with E-state index in [-0.39, 0.29) is 31.5 Å². The molecule has 13 heteroatoms. The smallest absolute Gasteiger partial charge is 0.222 e. The lowest BCUT2D eigenvalue weighted by atomic mass is 9.96. The molecule has 2 aromatic carbocycles. The molecule has 0 bridgehead atoms. The Bertz CT molecular complexity index is 1570. The van der Waals surface area contributed by atoms with Crippen LogP contribution in [-0.2, 0) is 26.5 Å². The third kappa shape index (κ3) is 10.9. The van der Waals surface area contributed by atoms with E-state index in [1.54, 1.807) is 25.1 Å². The average molecular weight is 745 g/mol. The highest BCUT2D eigenvalue weighted by Crippen LogP contribution is 2.53.